The molecule has 0 N–H and O–H groups in total. The normalized spacial score (nSPS) is 12.1. The highest BCUT2D eigenvalue weighted by molar-refractivity contribution is 6.24. The van der Waals surface area contributed by atoms with Gasteiger partial charge in [-0.2, -0.15) is 0 Å². The van der Waals surface area contributed by atoms with Crippen LogP contribution in [0.5, 0.6) is 0 Å². The Kier molecular flexibility index (Phi) is 7.97. The monoisotopic (exact) mass is 880 g/mol. The Morgan fingerprint density at radius 3 is 1.77 bits per heavy atom. The van der Waals surface area contributed by atoms with Gasteiger partial charge in [-0.25, -0.2) is 15.0 Å². The molecule has 69 heavy (non-hydrogen) atoms. The van der Waals surface area contributed by atoms with Crippen molar-refractivity contribution in [1.82, 2.24) is 19.5 Å². The highest BCUT2D eigenvalue weighted by Gasteiger charge is 2.21. The van der Waals surface area contributed by atoms with Crippen LogP contribution in [0.15, 0.2) is 227 Å². The lowest BCUT2D eigenvalue weighted by Crippen LogP contribution is -2.00. The van der Waals surface area contributed by atoms with E-state index in [1.54, 1.807) is 0 Å². The maximum atomic E-state index is 6.68. The molecule has 0 bridgehead atoms. The molecule has 4 heterocycles. The van der Waals surface area contributed by atoms with E-state index >= 15 is 0 Å². The maximum Gasteiger partial charge on any atom is 0.164 e. The van der Waals surface area contributed by atoms with E-state index < -0.39 is 0 Å². The molecule has 11 aromatic carbocycles. The number of hydrogen-bond donors (Lipinski definition) is 0. The molecular weight excluding hydrogens is 845 g/mol. The van der Waals surface area contributed by atoms with Crippen LogP contribution in [0.3, 0.4) is 0 Å². The molecule has 0 aliphatic heterocycles. The first-order valence-electron chi connectivity index (χ1n) is 23.2. The molecule has 0 spiro atoms. The molecule has 0 saturated carbocycles. The van der Waals surface area contributed by atoms with Gasteiger partial charge in [0.25, 0.3) is 0 Å². The molecule has 6 heteroatoms. The number of hydrogen-bond acceptors (Lipinski definition) is 5. The fraction of sp³-hybridized carbons (Fsp3) is 0. The SMILES string of the molecule is c1ccc(-c2cccc(-c3nc(-c4ccc5ccc6oc7ccc(-n8c9cc%10ccccc%10cc9c9c%10ccccc%10ccc98)cc7c6c5c4)nc(-c4cccc5oc6ccccc6c45)n3)c2)cc1. The molecule has 0 atom stereocenters. The number of nitrogens with zero attached hydrogens (tertiary/aromatic N) is 4. The molecule has 0 aliphatic rings. The molecule has 6 nitrogen and oxygen atoms in total. The summed E-state index contributed by atoms with van der Waals surface area (Å²) in [5.74, 6) is 1.73. The number of furan rings is 2. The first-order valence-corrected chi connectivity index (χ1v) is 23.2. The predicted octanol–water partition coefficient (Wildman–Crippen LogP) is 16.9. The highest BCUT2D eigenvalue weighted by atomic mass is 16.3. The topological polar surface area (TPSA) is 69.9 Å². The Balaban J connectivity index is 0.953. The minimum absolute atomic E-state index is 0.570. The van der Waals surface area contributed by atoms with Gasteiger partial charge >= 0.3 is 0 Å². The minimum atomic E-state index is 0.570. The van der Waals surface area contributed by atoms with E-state index in [1.807, 2.05) is 36.4 Å². The summed E-state index contributed by atoms with van der Waals surface area (Å²) in [5, 5.41) is 13.6. The zero-order valence-corrected chi connectivity index (χ0v) is 36.9. The Morgan fingerprint density at radius 1 is 0.290 bits per heavy atom. The number of aromatic nitrogens is 4. The summed E-state index contributed by atoms with van der Waals surface area (Å²) in [6.07, 6.45) is 0. The predicted molar refractivity (Wildman–Crippen MR) is 283 cm³/mol. The van der Waals surface area contributed by atoms with Crippen LogP contribution in [0.2, 0.25) is 0 Å². The van der Waals surface area contributed by atoms with E-state index in [1.165, 1.54) is 32.3 Å². The lowest BCUT2D eigenvalue weighted by Gasteiger charge is -2.11. The lowest BCUT2D eigenvalue weighted by molar-refractivity contribution is 0.668. The van der Waals surface area contributed by atoms with Crippen molar-refractivity contribution in [3.8, 4) is 51.0 Å². The van der Waals surface area contributed by atoms with Crippen molar-refractivity contribution in [2.75, 3.05) is 0 Å². The average Bonchev–Trinajstić information content (AvgIpc) is 4.09. The van der Waals surface area contributed by atoms with Gasteiger partial charge in [-0.1, -0.05) is 152 Å². The molecule has 0 aliphatic carbocycles. The number of rotatable bonds is 5. The van der Waals surface area contributed by atoms with Crippen LogP contribution in [0.25, 0.3) is 149 Å². The molecule has 0 saturated heterocycles. The second kappa shape index (κ2) is 14.6. The van der Waals surface area contributed by atoms with Gasteiger partial charge in [-0.15, -0.1) is 0 Å². The van der Waals surface area contributed by atoms with E-state index in [4.69, 9.17) is 23.8 Å². The van der Waals surface area contributed by atoms with Crippen LogP contribution >= 0.6 is 0 Å². The quantitative estimate of drug-likeness (QED) is 0.172. The lowest BCUT2D eigenvalue weighted by atomic mass is 10.0. The van der Waals surface area contributed by atoms with Crippen molar-refractivity contribution in [2.24, 2.45) is 0 Å². The first-order chi connectivity index (χ1) is 34.2. The Morgan fingerprint density at radius 2 is 0.899 bits per heavy atom. The van der Waals surface area contributed by atoms with Crippen LogP contribution in [-0.4, -0.2) is 19.5 Å². The van der Waals surface area contributed by atoms with Gasteiger partial charge in [0.05, 0.1) is 11.0 Å². The zero-order chi connectivity index (χ0) is 45.2. The Bertz CT molecular complexity index is 4620. The minimum Gasteiger partial charge on any atom is -0.456 e. The average molecular weight is 881 g/mol. The van der Waals surface area contributed by atoms with Crippen molar-refractivity contribution < 1.29 is 8.83 Å². The highest BCUT2D eigenvalue weighted by Crippen LogP contribution is 2.43. The molecule has 15 rings (SSSR count). The molecule has 4 aromatic heterocycles. The van der Waals surface area contributed by atoms with Crippen LogP contribution in [0, 0.1) is 0 Å². The maximum absolute atomic E-state index is 6.68. The van der Waals surface area contributed by atoms with Crippen molar-refractivity contribution in [3.05, 3.63) is 218 Å². The largest absolute Gasteiger partial charge is 0.456 e. The van der Waals surface area contributed by atoms with Gasteiger partial charge in [0.2, 0.25) is 0 Å². The van der Waals surface area contributed by atoms with Crippen molar-refractivity contribution in [2.45, 2.75) is 0 Å². The summed E-state index contributed by atoms with van der Waals surface area (Å²) >= 11 is 0. The third kappa shape index (κ3) is 5.82. The smallest absolute Gasteiger partial charge is 0.164 e. The summed E-state index contributed by atoms with van der Waals surface area (Å²) in [4.78, 5) is 15.8. The third-order valence-corrected chi connectivity index (χ3v) is 14.0. The summed E-state index contributed by atoms with van der Waals surface area (Å²) in [6.45, 7) is 0. The van der Waals surface area contributed by atoms with E-state index in [9.17, 15) is 0 Å². The Labute approximate surface area is 394 Å². The Hall–Kier alpha value is -9.39. The van der Waals surface area contributed by atoms with Crippen molar-refractivity contribution >= 4 is 98.0 Å². The van der Waals surface area contributed by atoms with E-state index in [-0.39, 0.29) is 0 Å². The summed E-state index contributed by atoms with van der Waals surface area (Å²) in [6, 6.07) is 76.9. The zero-order valence-electron chi connectivity index (χ0n) is 36.9. The van der Waals surface area contributed by atoms with Gasteiger partial charge in [0.15, 0.2) is 17.5 Å². The molecular formula is C63H36N4O2. The van der Waals surface area contributed by atoms with Gasteiger partial charge in [-0.3, -0.25) is 0 Å². The van der Waals surface area contributed by atoms with Crippen LogP contribution < -0.4 is 0 Å². The van der Waals surface area contributed by atoms with E-state index in [0.717, 1.165) is 99.2 Å². The van der Waals surface area contributed by atoms with Gasteiger partial charge < -0.3 is 13.4 Å². The van der Waals surface area contributed by atoms with Crippen LogP contribution in [0.4, 0.5) is 0 Å². The number of para-hydroxylation sites is 1. The number of fused-ring (bicyclic) bond motifs is 14. The molecule has 0 amide bonds. The van der Waals surface area contributed by atoms with Crippen molar-refractivity contribution in [1.29, 1.82) is 0 Å². The van der Waals surface area contributed by atoms with Crippen molar-refractivity contribution in [3.63, 3.8) is 0 Å². The molecule has 320 valence electrons. The van der Waals surface area contributed by atoms with E-state index in [0.29, 0.717) is 17.5 Å². The first kappa shape index (κ1) is 37.8. The molecule has 0 unspecified atom stereocenters. The molecule has 0 radical (unpaired) electrons. The molecule has 0 fully saturated rings. The van der Waals surface area contributed by atoms with Crippen LogP contribution in [0.1, 0.15) is 0 Å². The van der Waals surface area contributed by atoms with Crippen LogP contribution in [-0.2, 0) is 0 Å². The fourth-order valence-corrected chi connectivity index (χ4v) is 10.8. The standard InChI is InChI=1S/C63H36N4O2/c1-2-12-37(13-3-1)40-17-10-18-43(32-40)61-64-62(66-63(65-61)48-21-11-23-56-59(48)47-20-8-9-22-54(47)68-56)44-25-24-39-27-30-57-60(49(39)34-44)51-36-45(28-31-55(51)69-57)67-52-29-26-38-14-6-7-19-46(38)58(52)50-33-41-15-4-5-16-42(41)35-53(50)67/h1-36H. The van der Waals surface area contributed by atoms with Gasteiger partial charge in [-0.05, 0) is 110 Å². The second-order valence-electron chi connectivity index (χ2n) is 17.9. The number of benzene rings is 11. The third-order valence-electron chi connectivity index (χ3n) is 14.0. The summed E-state index contributed by atoms with van der Waals surface area (Å²) in [7, 11) is 0. The van der Waals surface area contributed by atoms with Gasteiger partial charge in [0, 0.05) is 54.7 Å². The summed E-state index contributed by atoms with van der Waals surface area (Å²) in [5.41, 5.74) is 11.5. The molecule has 15 aromatic rings. The fourth-order valence-electron chi connectivity index (χ4n) is 10.8. The van der Waals surface area contributed by atoms with E-state index in [2.05, 4.69) is 187 Å². The van der Waals surface area contributed by atoms with Gasteiger partial charge in [0.1, 0.15) is 22.3 Å². The summed E-state index contributed by atoms with van der Waals surface area (Å²) < 4.78 is 15.5. The second-order valence-corrected chi connectivity index (χ2v) is 17.9.